The van der Waals surface area contributed by atoms with Crippen molar-refractivity contribution >= 4 is 17.5 Å². The average Bonchev–Trinajstić information content (AvgIpc) is 3.15. The molecule has 114 valence electrons. The summed E-state index contributed by atoms with van der Waals surface area (Å²) in [5, 5.41) is 2.82. The summed E-state index contributed by atoms with van der Waals surface area (Å²) >= 11 is 0. The van der Waals surface area contributed by atoms with E-state index in [1.807, 2.05) is 31.2 Å². The smallest absolute Gasteiger partial charge is 0.286 e. The summed E-state index contributed by atoms with van der Waals surface area (Å²) < 4.78 is 5.04. The van der Waals surface area contributed by atoms with E-state index in [1.54, 1.807) is 17.0 Å². The molecule has 5 heteroatoms. The number of anilines is 1. The molecule has 1 unspecified atom stereocenters. The van der Waals surface area contributed by atoms with E-state index in [-0.39, 0.29) is 17.7 Å². The molecule has 1 aromatic heterocycles. The van der Waals surface area contributed by atoms with Crippen LogP contribution in [-0.2, 0) is 4.79 Å². The van der Waals surface area contributed by atoms with Crippen LogP contribution >= 0.6 is 0 Å². The van der Waals surface area contributed by atoms with E-state index in [0.29, 0.717) is 25.3 Å². The molecule has 0 bridgehead atoms. The summed E-state index contributed by atoms with van der Waals surface area (Å²) in [6.45, 7) is 3.11. The van der Waals surface area contributed by atoms with Crippen LogP contribution in [0, 0.1) is 12.8 Å². The highest BCUT2D eigenvalue weighted by Gasteiger charge is 2.30. The van der Waals surface area contributed by atoms with E-state index in [1.165, 1.54) is 6.26 Å². The van der Waals surface area contributed by atoms with Gasteiger partial charge in [-0.3, -0.25) is 9.59 Å². The van der Waals surface area contributed by atoms with Crippen LogP contribution in [0.15, 0.2) is 47.1 Å². The maximum atomic E-state index is 12.1. The molecule has 2 amide bonds. The maximum Gasteiger partial charge on any atom is 0.286 e. The summed E-state index contributed by atoms with van der Waals surface area (Å²) in [5.41, 5.74) is 2.08. The van der Waals surface area contributed by atoms with Crippen molar-refractivity contribution < 1.29 is 14.0 Å². The highest BCUT2D eigenvalue weighted by Crippen LogP contribution is 2.25. The number of hydrogen-bond donors (Lipinski definition) is 1. The van der Waals surface area contributed by atoms with Gasteiger partial charge in [-0.2, -0.15) is 0 Å². The lowest BCUT2D eigenvalue weighted by atomic mass is 10.1. The van der Waals surface area contributed by atoms with Gasteiger partial charge in [0.05, 0.1) is 6.26 Å². The number of hydrogen-bond acceptors (Lipinski definition) is 3. The third-order valence-corrected chi connectivity index (χ3v) is 3.85. The van der Waals surface area contributed by atoms with Crippen molar-refractivity contribution in [2.24, 2.45) is 5.92 Å². The number of benzene rings is 1. The third-order valence-electron chi connectivity index (χ3n) is 3.85. The first-order valence-electron chi connectivity index (χ1n) is 7.32. The minimum absolute atomic E-state index is 0.0982. The van der Waals surface area contributed by atoms with Gasteiger partial charge in [0.25, 0.3) is 5.91 Å². The molecule has 1 aliphatic heterocycles. The number of amides is 2. The van der Waals surface area contributed by atoms with Crippen LogP contribution in [-0.4, -0.2) is 24.9 Å². The molecule has 0 aliphatic carbocycles. The minimum Gasteiger partial charge on any atom is -0.459 e. The normalized spacial score (nSPS) is 17.8. The molecule has 1 fully saturated rings. The van der Waals surface area contributed by atoms with Crippen molar-refractivity contribution in [3.63, 3.8) is 0 Å². The van der Waals surface area contributed by atoms with Crippen LogP contribution in [0.3, 0.4) is 0 Å². The molecule has 0 radical (unpaired) electrons. The lowest BCUT2D eigenvalue weighted by molar-refractivity contribution is -0.117. The summed E-state index contributed by atoms with van der Waals surface area (Å²) in [6.07, 6.45) is 1.92. The molecule has 1 aromatic carbocycles. The second-order valence-corrected chi connectivity index (χ2v) is 5.60. The van der Waals surface area contributed by atoms with Gasteiger partial charge in [0.2, 0.25) is 5.91 Å². The van der Waals surface area contributed by atoms with E-state index in [2.05, 4.69) is 5.32 Å². The zero-order valence-corrected chi connectivity index (χ0v) is 12.4. The molecular weight excluding hydrogens is 280 g/mol. The first-order chi connectivity index (χ1) is 10.6. The van der Waals surface area contributed by atoms with Crippen molar-refractivity contribution in [1.29, 1.82) is 0 Å². The Morgan fingerprint density at radius 1 is 1.32 bits per heavy atom. The van der Waals surface area contributed by atoms with Gasteiger partial charge >= 0.3 is 0 Å². The predicted molar refractivity (Wildman–Crippen MR) is 82.7 cm³/mol. The predicted octanol–water partition coefficient (Wildman–Crippen LogP) is 2.37. The Morgan fingerprint density at radius 3 is 2.77 bits per heavy atom. The van der Waals surface area contributed by atoms with Gasteiger partial charge in [-0.05, 0) is 31.2 Å². The minimum atomic E-state index is -0.244. The number of nitrogens with zero attached hydrogens (tertiary/aromatic N) is 1. The van der Waals surface area contributed by atoms with Crippen molar-refractivity contribution in [3.8, 4) is 0 Å². The highest BCUT2D eigenvalue weighted by atomic mass is 16.3. The van der Waals surface area contributed by atoms with Crippen LogP contribution in [0.2, 0.25) is 0 Å². The van der Waals surface area contributed by atoms with E-state index in [9.17, 15) is 9.59 Å². The van der Waals surface area contributed by atoms with E-state index in [4.69, 9.17) is 4.42 Å². The fourth-order valence-corrected chi connectivity index (χ4v) is 2.62. The zero-order chi connectivity index (χ0) is 15.5. The first-order valence-corrected chi connectivity index (χ1v) is 7.32. The fourth-order valence-electron chi connectivity index (χ4n) is 2.62. The Labute approximate surface area is 128 Å². The standard InChI is InChI=1S/C17H18N2O3/c1-12-4-6-14(7-5-12)19-11-13(9-16(19)20)10-18-17(21)15-3-2-8-22-15/h2-8,13H,9-11H2,1H3,(H,18,21). The molecule has 1 N–H and O–H groups in total. The molecule has 0 saturated carbocycles. The summed E-state index contributed by atoms with van der Waals surface area (Å²) in [6, 6.07) is 11.2. The second-order valence-electron chi connectivity index (χ2n) is 5.60. The van der Waals surface area contributed by atoms with Crippen LogP contribution in [0.5, 0.6) is 0 Å². The Kier molecular flexibility index (Phi) is 3.96. The molecule has 2 aromatic rings. The van der Waals surface area contributed by atoms with Gasteiger partial charge in [0.1, 0.15) is 0 Å². The maximum absolute atomic E-state index is 12.1. The number of nitrogens with one attached hydrogen (secondary N) is 1. The van der Waals surface area contributed by atoms with Gasteiger partial charge in [-0.25, -0.2) is 0 Å². The number of rotatable bonds is 4. The van der Waals surface area contributed by atoms with E-state index >= 15 is 0 Å². The lowest BCUT2D eigenvalue weighted by Crippen LogP contribution is -2.31. The largest absolute Gasteiger partial charge is 0.459 e. The van der Waals surface area contributed by atoms with Crippen LogP contribution in [0.25, 0.3) is 0 Å². The van der Waals surface area contributed by atoms with E-state index < -0.39 is 0 Å². The monoisotopic (exact) mass is 298 g/mol. The lowest BCUT2D eigenvalue weighted by Gasteiger charge is -2.17. The topological polar surface area (TPSA) is 62.6 Å². The Hall–Kier alpha value is -2.56. The molecule has 5 nitrogen and oxygen atoms in total. The molecule has 1 aliphatic rings. The van der Waals surface area contributed by atoms with Crippen LogP contribution in [0.1, 0.15) is 22.5 Å². The third kappa shape index (κ3) is 3.03. The quantitative estimate of drug-likeness (QED) is 0.942. The summed E-state index contributed by atoms with van der Waals surface area (Å²) in [4.78, 5) is 25.7. The Balaban J connectivity index is 1.58. The zero-order valence-electron chi connectivity index (χ0n) is 12.4. The fraction of sp³-hybridized carbons (Fsp3) is 0.294. The molecule has 3 rings (SSSR count). The van der Waals surface area contributed by atoms with Crippen LogP contribution < -0.4 is 10.2 Å². The van der Waals surface area contributed by atoms with Gasteiger partial charge in [0, 0.05) is 31.1 Å². The molecular formula is C17H18N2O3. The van der Waals surface area contributed by atoms with E-state index in [0.717, 1.165) is 11.3 Å². The first kappa shape index (κ1) is 14.4. The summed E-state index contributed by atoms with van der Waals surface area (Å²) in [5.74, 6) is 0.264. The number of carbonyl (C=O) groups is 2. The van der Waals surface area contributed by atoms with Crippen molar-refractivity contribution in [3.05, 3.63) is 54.0 Å². The molecule has 1 saturated heterocycles. The highest BCUT2D eigenvalue weighted by molar-refractivity contribution is 5.96. The summed E-state index contributed by atoms with van der Waals surface area (Å²) in [7, 11) is 0. The van der Waals surface area contributed by atoms with Gasteiger partial charge in [-0.15, -0.1) is 0 Å². The van der Waals surface area contributed by atoms with Gasteiger partial charge in [-0.1, -0.05) is 17.7 Å². The van der Waals surface area contributed by atoms with Crippen molar-refractivity contribution in [2.75, 3.05) is 18.0 Å². The Morgan fingerprint density at radius 2 is 2.09 bits per heavy atom. The number of furan rings is 1. The molecule has 0 spiro atoms. The van der Waals surface area contributed by atoms with Gasteiger partial charge in [0.15, 0.2) is 5.76 Å². The molecule has 2 heterocycles. The van der Waals surface area contributed by atoms with Crippen molar-refractivity contribution in [1.82, 2.24) is 5.32 Å². The average molecular weight is 298 g/mol. The Bertz CT molecular complexity index is 662. The van der Waals surface area contributed by atoms with Crippen LogP contribution in [0.4, 0.5) is 5.69 Å². The van der Waals surface area contributed by atoms with Crippen molar-refractivity contribution in [2.45, 2.75) is 13.3 Å². The molecule has 1 atom stereocenters. The molecule has 22 heavy (non-hydrogen) atoms. The second kappa shape index (κ2) is 6.05. The number of carbonyl (C=O) groups excluding carboxylic acids is 2. The number of aryl methyl sites for hydroxylation is 1. The van der Waals surface area contributed by atoms with Gasteiger partial charge < -0.3 is 14.6 Å². The SMILES string of the molecule is Cc1ccc(N2CC(CNC(=O)c3ccco3)CC2=O)cc1.